The molecule has 0 aromatic heterocycles. The van der Waals surface area contributed by atoms with Crippen molar-refractivity contribution in [3.63, 3.8) is 0 Å². The summed E-state index contributed by atoms with van der Waals surface area (Å²) in [5, 5.41) is 64.6. The summed E-state index contributed by atoms with van der Waals surface area (Å²) in [6.07, 6.45) is 1.27. The van der Waals surface area contributed by atoms with Gasteiger partial charge in [0.2, 0.25) is 5.91 Å². The summed E-state index contributed by atoms with van der Waals surface area (Å²) in [7, 11) is -6.49. The maximum atomic E-state index is 14.7. The fourth-order valence-corrected chi connectivity index (χ4v) is 16.1. The monoisotopic (exact) mass is 1320 g/mol. The number of amides is 1. The van der Waals surface area contributed by atoms with Gasteiger partial charge in [0.15, 0.2) is 12.6 Å². The molecule has 0 unspecified atom stereocenters. The second kappa shape index (κ2) is 32.4. The molecule has 3 fully saturated rings. The fraction of sp³-hybridized carbons (Fsp3) is 0.701. The number of rotatable bonds is 22. The average Bonchev–Trinajstić information content (AvgIpc) is 1.23. The number of methoxy groups -OCH3 is 1. The third-order valence-corrected chi connectivity index (χ3v) is 21.1. The van der Waals surface area contributed by atoms with E-state index in [1.807, 2.05) is 32.8 Å². The van der Waals surface area contributed by atoms with Crippen LogP contribution in [-0.2, 0) is 44.4 Å². The molecule has 3 aliphatic heterocycles. The Morgan fingerprint density at radius 2 is 1.27 bits per heavy atom. The molecule has 6 rings (SSSR count). The van der Waals surface area contributed by atoms with Crippen molar-refractivity contribution in [2.24, 2.45) is 17.8 Å². The number of unbranched alkanes of at least 4 members (excludes halogenated alkanes) is 8. The van der Waals surface area contributed by atoms with Gasteiger partial charge < -0.3 is 63.8 Å². The molecule has 0 spiro atoms. The predicted octanol–water partition coefficient (Wildman–Crippen LogP) is 11.8. The number of aliphatic hydroxyl groups is 5. The van der Waals surface area contributed by atoms with E-state index in [9.17, 15) is 60.3 Å². The standard InChI is InChI=1S/C67H105N2O13P.F6P/c1-14-55-67(10,76)60(72)48(6)69(56(70)38-29-21-19-17-15-16-18-20-24-31-50-32-30-37-53(40-50)83(51-33-25-22-26-34-51)52-35-27-23-28-36-52)43-44(2)41-65(8,75)62(82-64-58(71)54(68(11)12)39-45(3)78-64)46(4)59(47(5)63(74)80-55)81-57-42-66(9,77-13)61(73)49(7)79-57;1-7(2,3,4,5)6/h22-23,25-28,30,32-37,40,44-49,54-55,57-62,64,71-73,75-76H,14-21,24,29,31,38-39,41-43H2,1-13H3;/q;-1/p+1/t44-,45-,46+,47-,48-,49+,54+,55-,57+,58-,59+,60-,61+,62-,64+,65-,66-,67-;/m1./s1. The molecule has 3 aromatic rings. The van der Waals surface area contributed by atoms with E-state index in [0.717, 1.165) is 38.5 Å². The predicted molar refractivity (Wildman–Crippen MR) is 343 cm³/mol. The Morgan fingerprint density at radius 3 is 1.80 bits per heavy atom. The van der Waals surface area contributed by atoms with Gasteiger partial charge in [-0.1, -0.05) is 114 Å². The zero-order valence-electron chi connectivity index (χ0n) is 55.2. The van der Waals surface area contributed by atoms with E-state index in [1.165, 1.54) is 54.8 Å². The van der Waals surface area contributed by atoms with E-state index in [2.05, 4.69) is 84.9 Å². The van der Waals surface area contributed by atoms with Gasteiger partial charge in [0, 0.05) is 38.5 Å². The molecule has 18 atom stereocenters. The van der Waals surface area contributed by atoms with Crippen LogP contribution in [0.5, 0.6) is 0 Å². The summed E-state index contributed by atoms with van der Waals surface area (Å²) >= 11 is 0. The van der Waals surface area contributed by atoms with E-state index in [0.29, 0.717) is 12.8 Å². The summed E-state index contributed by atoms with van der Waals surface area (Å²) < 4.78 is 97.5. The summed E-state index contributed by atoms with van der Waals surface area (Å²) in [4.78, 5) is 32.8. The number of ether oxygens (including phenoxy) is 6. The Kier molecular flexibility index (Phi) is 27.8. The third-order valence-electron chi connectivity index (χ3n) is 18.4. The van der Waals surface area contributed by atoms with E-state index < -0.39 is 118 Å². The Bertz CT molecular complexity index is 2620. The van der Waals surface area contributed by atoms with E-state index in [-0.39, 0.29) is 50.3 Å². The van der Waals surface area contributed by atoms with Gasteiger partial charge in [0.1, 0.15) is 45.9 Å². The van der Waals surface area contributed by atoms with Crippen LogP contribution in [0.25, 0.3) is 0 Å². The number of nitrogens with zero attached hydrogens (tertiary/aromatic N) is 2. The number of aliphatic hydroxyl groups excluding tert-OH is 3. The molecule has 1 amide bonds. The summed E-state index contributed by atoms with van der Waals surface area (Å²) in [5.41, 5.74) is -3.39. The molecule has 0 bridgehead atoms. The zero-order valence-corrected chi connectivity index (χ0v) is 57.1. The normalized spacial score (nSPS) is 34.3. The first-order valence-corrected chi connectivity index (χ1v) is 35.8. The number of carbonyl (C=O) groups is 2. The number of likely N-dealkylation sites (N-methyl/N-ethyl adjacent to an activating group) is 1. The van der Waals surface area contributed by atoms with Crippen LogP contribution >= 0.6 is 15.7 Å². The van der Waals surface area contributed by atoms with Gasteiger partial charge in [0.25, 0.3) is 0 Å². The van der Waals surface area contributed by atoms with Gasteiger partial charge in [-0.3, -0.25) is 9.59 Å². The topological polar surface area (TPSA) is 197 Å². The van der Waals surface area contributed by atoms with Crippen molar-refractivity contribution in [3.8, 4) is 0 Å². The third kappa shape index (κ3) is 23.2. The molecule has 23 heteroatoms. The van der Waals surface area contributed by atoms with Crippen LogP contribution in [0.4, 0.5) is 25.2 Å². The molecule has 0 aliphatic carbocycles. The molecule has 3 heterocycles. The number of halogens is 6. The van der Waals surface area contributed by atoms with Crippen LogP contribution in [0, 0.1) is 17.8 Å². The van der Waals surface area contributed by atoms with Gasteiger partial charge in [-0.05, 0) is 149 Å². The van der Waals surface area contributed by atoms with E-state index >= 15 is 0 Å². The number of aryl methyl sites for hydroxylation is 1. The van der Waals surface area contributed by atoms with E-state index in [4.69, 9.17) is 28.4 Å². The first-order valence-electron chi connectivity index (χ1n) is 32.2. The van der Waals surface area contributed by atoms with Crippen molar-refractivity contribution < 1.29 is 88.7 Å². The Labute approximate surface area is 531 Å². The minimum atomic E-state index is -10.7. The van der Waals surface area contributed by atoms with Crippen LogP contribution in [0.2, 0.25) is 0 Å². The Hall–Kier alpha value is -3.40. The first kappa shape index (κ1) is 77.3. The Morgan fingerprint density at radius 1 is 0.733 bits per heavy atom. The maximum absolute atomic E-state index is 14.7. The van der Waals surface area contributed by atoms with Crippen LogP contribution in [0.1, 0.15) is 165 Å². The number of hydrogen-bond donors (Lipinski definition) is 5. The van der Waals surface area contributed by atoms with Crippen molar-refractivity contribution in [1.82, 2.24) is 9.80 Å². The molecule has 514 valence electrons. The molecule has 0 saturated carbocycles. The van der Waals surface area contributed by atoms with Crippen LogP contribution < -0.4 is 15.9 Å². The molecule has 3 aromatic carbocycles. The first-order chi connectivity index (χ1) is 41.8. The van der Waals surface area contributed by atoms with Crippen molar-refractivity contribution in [2.75, 3.05) is 27.7 Å². The number of carbonyl (C=O) groups excluding carboxylic acids is 2. The molecule has 3 saturated heterocycles. The summed E-state index contributed by atoms with van der Waals surface area (Å²) in [5.74, 6) is -3.25. The second-order valence-electron chi connectivity index (χ2n) is 26.7. The van der Waals surface area contributed by atoms with Gasteiger partial charge in [-0.15, -0.1) is 0 Å². The van der Waals surface area contributed by atoms with Crippen molar-refractivity contribution >= 4 is 43.5 Å². The molecular weight excluding hydrogens is 1220 g/mol. The van der Waals surface area contributed by atoms with Gasteiger partial charge in [0.05, 0.1) is 55.5 Å². The number of hydrogen-bond acceptors (Lipinski definition) is 14. The van der Waals surface area contributed by atoms with Crippen molar-refractivity contribution in [2.45, 2.75) is 256 Å². The quantitative estimate of drug-likeness (QED) is 0.0276. The second-order valence-corrected chi connectivity index (χ2v) is 31.1. The SMILES string of the molecule is CC[C@H]1OC(=O)[C@H](C)[C@@H](O[C@H]2C[C@@](C)(OC)[C@@H](O)[C@H](C)O2)[C@H](C)[C@@H](O[C@@H]2O[C@H](C)C[C@H](N(C)C)[C@H]2O)[C@](C)(O)C[C@@H](C)CN(C(=O)CCCCCCCCCCCc2cccc([PH+](c3ccccc3)c3ccccc3)c2)[C@H](C)[C@@H](O)[C@]1(C)O.F[P-](F)(F)(F)(F)F. The van der Waals surface area contributed by atoms with Crippen molar-refractivity contribution in [3.05, 3.63) is 90.5 Å². The average molecular weight is 1320 g/mol. The molecule has 5 N–H and O–H groups in total. The van der Waals surface area contributed by atoms with Gasteiger partial charge >= 0.3 is 39.0 Å². The van der Waals surface area contributed by atoms with Gasteiger partial charge in [-0.25, -0.2) is 0 Å². The molecule has 15 nitrogen and oxygen atoms in total. The Balaban J connectivity index is 0.00000198. The van der Waals surface area contributed by atoms with Crippen LogP contribution in [-0.4, -0.2) is 165 Å². The van der Waals surface area contributed by atoms with Crippen LogP contribution in [0.3, 0.4) is 0 Å². The molecule has 90 heavy (non-hydrogen) atoms. The van der Waals surface area contributed by atoms with Crippen molar-refractivity contribution in [1.29, 1.82) is 0 Å². The van der Waals surface area contributed by atoms with Crippen LogP contribution in [0.15, 0.2) is 84.9 Å². The fourth-order valence-electron chi connectivity index (χ4n) is 13.4. The van der Waals surface area contributed by atoms with E-state index in [1.54, 1.807) is 53.4 Å². The summed E-state index contributed by atoms with van der Waals surface area (Å²) in [6, 6.07) is 29.8. The molecule has 3 aliphatic rings. The van der Waals surface area contributed by atoms with Gasteiger partial charge in [-0.2, -0.15) is 0 Å². The minimum absolute atomic E-state index is 0.0760. The summed E-state index contributed by atoms with van der Waals surface area (Å²) in [6.45, 7) is 17.4. The molecular formula is C67H106F6N2O13P2. The number of esters is 1. The zero-order chi connectivity index (χ0) is 67.2. The molecule has 0 radical (unpaired) electrons. The number of benzene rings is 3. The number of cyclic esters (lactones) is 1.